The number of rotatable bonds is 1. The van der Waals surface area contributed by atoms with Gasteiger partial charge < -0.3 is 0 Å². The summed E-state index contributed by atoms with van der Waals surface area (Å²) in [5, 5.41) is -0.638. The first-order valence-electron chi connectivity index (χ1n) is 2.92. The van der Waals surface area contributed by atoms with E-state index in [2.05, 4.69) is 0 Å². The molecule has 0 N–H and O–H groups in total. The second-order valence-corrected chi connectivity index (χ2v) is 5.43. The molecule has 0 spiro atoms. The Hall–Kier alpha value is -0.0300. The molecule has 1 aromatic carbocycles. The zero-order valence-electron chi connectivity index (χ0n) is 5.89. The van der Waals surface area contributed by atoms with E-state index < -0.39 is 19.8 Å². The highest BCUT2D eigenvalue weighted by atomic mass is 35.7. The van der Waals surface area contributed by atoms with Crippen molar-refractivity contribution in [1.29, 1.82) is 0 Å². The highest BCUT2D eigenvalue weighted by molar-refractivity contribution is 8.13. The average Bonchev–Trinajstić information content (AvgIpc) is 1.95. The van der Waals surface area contributed by atoms with E-state index in [0.717, 1.165) is 12.1 Å². The summed E-state index contributed by atoms with van der Waals surface area (Å²) < 4.78 is 34.7. The minimum Gasteiger partial charge on any atom is -0.207 e. The molecule has 1 aromatic rings. The number of benzene rings is 1. The van der Waals surface area contributed by atoms with Crippen LogP contribution < -0.4 is 0 Å². The molecule has 0 saturated carbocycles. The van der Waals surface area contributed by atoms with E-state index in [1.807, 2.05) is 0 Å². The lowest BCUT2D eigenvalue weighted by molar-refractivity contribution is 0.576. The minimum absolute atomic E-state index is 0.295. The molecule has 0 aliphatic heterocycles. The van der Waals surface area contributed by atoms with Crippen molar-refractivity contribution < 1.29 is 12.8 Å². The molecule has 0 amide bonds. The first kappa shape index (κ1) is 11.0. The molecule has 0 aliphatic carbocycles. The van der Waals surface area contributed by atoms with Crippen LogP contribution in [0.1, 0.15) is 0 Å². The van der Waals surface area contributed by atoms with Crippen LogP contribution in [0.25, 0.3) is 0 Å². The van der Waals surface area contributed by atoms with Gasteiger partial charge in [0.15, 0.2) is 5.82 Å². The fraction of sp³-hybridized carbons (Fsp3) is 0. The van der Waals surface area contributed by atoms with E-state index in [9.17, 15) is 12.8 Å². The van der Waals surface area contributed by atoms with Crippen LogP contribution in [0.5, 0.6) is 0 Å². The lowest BCUT2D eigenvalue weighted by Gasteiger charge is -2.02. The van der Waals surface area contributed by atoms with Gasteiger partial charge in [-0.15, -0.1) is 0 Å². The Morgan fingerprint density at radius 3 is 2.00 bits per heavy atom. The molecule has 0 aliphatic rings. The Morgan fingerprint density at radius 1 is 1.15 bits per heavy atom. The van der Waals surface area contributed by atoms with Crippen LogP contribution >= 0.6 is 33.9 Å². The summed E-state index contributed by atoms with van der Waals surface area (Å²) in [6.45, 7) is 0. The zero-order chi connectivity index (χ0) is 10.2. The second kappa shape index (κ2) is 3.61. The van der Waals surface area contributed by atoms with Crippen LogP contribution in [0.15, 0.2) is 17.0 Å². The van der Waals surface area contributed by atoms with Crippen molar-refractivity contribution in [3.05, 3.63) is 28.0 Å². The van der Waals surface area contributed by atoms with Crippen LogP contribution in [0.4, 0.5) is 4.39 Å². The van der Waals surface area contributed by atoms with Crippen LogP contribution in [-0.4, -0.2) is 8.42 Å². The van der Waals surface area contributed by atoms with Gasteiger partial charge in [0, 0.05) is 10.7 Å². The van der Waals surface area contributed by atoms with Gasteiger partial charge in [0.25, 0.3) is 9.05 Å². The van der Waals surface area contributed by atoms with E-state index in [1.54, 1.807) is 0 Å². The van der Waals surface area contributed by atoms with Gasteiger partial charge in [-0.3, -0.25) is 0 Å². The fourth-order valence-electron chi connectivity index (χ4n) is 0.732. The Balaban J connectivity index is 3.62. The Morgan fingerprint density at radius 2 is 1.62 bits per heavy atom. The third-order valence-corrected chi connectivity index (χ3v) is 3.31. The molecule has 7 heteroatoms. The Labute approximate surface area is 88.6 Å². The molecular formula is C6H2Cl3FO2S. The quantitative estimate of drug-likeness (QED) is 0.576. The maximum absolute atomic E-state index is 13.1. The van der Waals surface area contributed by atoms with Gasteiger partial charge in [0.1, 0.15) is 4.90 Å². The summed E-state index contributed by atoms with van der Waals surface area (Å²) in [7, 11) is 0.724. The molecule has 2 nitrogen and oxygen atoms in total. The Bertz CT molecular complexity index is 443. The predicted octanol–water partition coefficient (Wildman–Crippen LogP) is 3.06. The van der Waals surface area contributed by atoms with Gasteiger partial charge >= 0.3 is 0 Å². The number of hydrogen-bond acceptors (Lipinski definition) is 2. The van der Waals surface area contributed by atoms with E-state index in [-0.39, 0.29) is 10.0 Å². The molecule has 1 rings (SSSR count). The van der Waals surface area contributed by atoms with E-state index in [1.165, 1.54) is 0 Å². The van der Waals surface area contributed by atoms with E-state index >= 15 is 0 Å². The molecule has 72 valence electrons. The highest BCUT2D eigenvalue weighted by Crippen LogP contribution is 2.31. The number of hydrogen-bond donors (Lipinski definition) is 0. The average molecular weight is 264 g/mol. The largest absolute Gasteiger partial charge is 0.265 e. The van der Waals surface area contributed by atoms with E-state index in [4.69, 9.17) is 33.9 Å². The molecule has 0 bridgehead atoms. The smallest absolute Gasteiger partial charge is 0.207 e. The molecule has 0 radical (unpaired) electrons. The van der Waals surface area contributed by atoms with Gasteiger partial charge in [-0.25, -0.2) is 12.8 Å². The summed E-state index contributed by atoms with van der Waals surface area (Å²) in [4.78, 5) is -0.789. The summed E-state index contributed by atoms with van der Waals surface area (Å²) in [6, 6.07) is 2.30. The second-order valence-electron chi connectivity index (χ2n) is 2.11. The first-order chi connectivity index (χ1) is 5.84. The standard InChI is InChI=1S/C6H2Cl3FO2S/c7-3-1-2-4(8)6(5(3)10)13(9,11)12/h1-2H. The summed E-state index contributed by atoms with van der Waals surface area (Å²) >= 11 is 10.8. The molecule has 0 aromatic heterocycles. The van der Waals surface area contributed by atoms with E-state index in [0.29, 0.717) is 0 Å². The summed E-state index contributed by atoms with van der Waals surface area (Å²) in [6.07, 6.45) is 0. The predicted molar refractivity (Wildman–Crippen MR) is 49.5 cm³/mol. The maximum Gasteiger partial charge on any atom is 0.265 e. The molecule has 0 atom stereocenters. The van der Waals surface area contributed by atoms with Crippen molar-refractivity contribution in [2.45, 2.75) is 4.90 Å². The molecule has 0 heterocycles. The Kier molecular flexibility index (Phi) is 3.07. The van der Waals surface area contributed by atoms with Gasteiger partial charge in [-0.05, 0) is 12.1 Å². The van der Waals surface area contributed by atoms with Crippen molar-refractivity contribution in [2.75, 3.05) is 0 Å². The molecular weight excluding hydrogens is 261 g/mol. The van der Waals surface area contributed by atoms with Crippen molar-refractivity contribution in [3.8, 4) is 0 Å². The van der Waals surface area contributed by atoms with Gasteiger partial charge in [-0.2, -0.15) is 0 Å². The van der Waals surface area contributed by atoms with Gasteiger partial charge in [0.05, 0.1) is 10.0 Å². The van der Waals surface area contributed by atoms with Crippen LogP contribution in [0.3, 0.4) is 0 Å². The summed E-state index contributed by atoms with van der Waals surface area (Å²) in [5.74, 6) is -1.14. The minimum atomic E-state index is -4.21. The SMILES string of the molecule is O=S(=O)(Cl)c1c(Cl)ccc(Cl)c1F. The normalized spacial score (nSPS) is 11.7. The third kappa shape index (κ3) is 2.26. The molecule has 0 saturated heterocycles. The first-order valence-corrected chi connectivity index (χ1v) is 5.98. The molecule has 13 heavy (non-hydrogen) atoms. The third-order valence-electron chi connectivity index (χ3n) is 1.25. The molecule has 0 fully saturated rings. The van der Waals surface area contributed by atoms with Crippen LogP contribution in [0, 0.1) is 5.82 Å². The van der Waals surface area contributed by atoms with Crippen molar-refractivity contribution >= 4 is 42.9 Å². The zero-order valence-corrected chi connectivity index (χ0v) is 8.98. The fourth-order valence-corrected chi connectivity index (χ4v) is 2.59. The van der Waals surface area contributed by atoms with Gasteiger partial charge in [0.2, 0.25) is 0 Å². The van der Waals surface area contributed by atoms with Gasteiger partial charge in [-0.1, -0.05) is 23.2 Å². The lowest BCUT2D eigenvalue weighted by Crippen LogP contribution is -1.97. The van der Waals surface area contributed by atoms with Crippen molar-refractivity contribution in [1.82, 2.24) is 0 Å². The van der Waals surface area contributed by atoms with Crippen molar-refractivity contribution in [3.63, 3.8) is 0 Å². The molecule has 0 unspecified atom stereocenters. The topological polar surface area (TPSA) is 34.1 Å². The monoisotopic (exact) mass is 262 g/mol. The summed E-state index contributed by atoms with van der Waals surface area (Å²) in [5.41, 5.74) is 0. The maximum atomic E-state index is 13.1. The number of halogens is 4. The highest BCUT2D eigenvalue weighted by Gasteiger charge is 2.22. The van der Waals surface area contributed by atoms with Crippen LogP contribution in [-0.2, 0) is 9.05 Å². The lowest BCUT2D eigenvalue weighted by atomic mass is 10.3. The van der Waals surface area contributed by atoms with Crippen molar-refractivity contribution in [2.24, 2.45) is 0 Å². The van der Waals surface area contributed by atoms with Crippen LogP contribution in [0.2, 0.25) is 10.0 Å².